The Balaban J connectivity index is 1.50. The van der Waals surface area contributed by atoms with Crippen LogP contribution in [0.25, 0.3) is 0 Å². The van der Waals surface area contributed by atoms with Crippen LogP contribution in [0.5, 0.6) is 0 Å². The zero-order chi connectivity index (χ0) is 31.6. The topological polar surface area (TPSA) is 90.9 Å². The molecule has 1 aliphatic heterocycles. The van der Waals surface area contributed by atoms with Gasteiger partial charge >= 0.3 is 0 Å². The highest BCUT2D eigenvalue weighted by atomic mass is 19.1. The molecule has 0 spiro atoms. The minimum Gasteiger partial charge on any atom is -0.390 e. The lowest BCUT2D eigenvalue weighted by Crippen LogP contribution is -2.48. The number of benzene rings is 3. The van der Waals surface area contributed by atoms with Gasteiger partial charge in [0.2, 0.25) is 0 Å². The van der Waals surface area contributed by atoms with Gasteiger partial charge in [-0.25, -0.2) is 8.78 Å². The highest BCUT2D eigenvalue weighted by molar-refractivity contribution is 6.00. The van der Waals surface area contributed by atoms with Crippen LogP contribution in [0.15, 0.2) is 60.7 Å². The number of aryl methyl sites for hydroxylation is 2. The molecular formula is C35H43F2N3O4. The Bertz CT molecular complexity index is 1410. The molecule has 44 heavy (non-hydrogen) atoms. The quantitative estimate of drug-likeness (QED) is 0.241. The molecule has 1 aliphatic rings. The Morgan fingerprint density at radius 2 is 1.73 bits per heavy atom. The largest absolute Gasteiger partial charge is 0.390 e. The number of aliphatic hydroxyl groups is 1. The van der Waals surface area contributed by atoms with Gasteiger partial charge in [-0.2, -0.15) is 0 Å². The number of likely N-dealkylation sites (tertiary alicyclic amines) is 1. The lowest BCUT2D eigenvalue weighted by molar-refractivity contribution is 0.0564. The number of nitrogens with one attached hydrogen (secondary N) is 2. The average molecular weight is 608 g/mol. The van der Waals surface area contributed by atoms with E-state index in [1.165, 1.54) is 17.7 Å². The Labute approximate surface area is 258 Å². The summed E-state index contributed by atoms with van der Waals surface area (Å²) in [6.45, 7) is 8.12. The summed E-state index contributed by atoms with van der Waals surface area (Å²) >= 11 is 0. The molecule has 236 valence electrons. The number of carbonyl (C=O) groups is 2. The van der Waals surface area contributed by atoms with Crippen molar-refractivity contribution in [3.05, 3.63) is 106 Å². The Morgan fingerprint density at radius 1 is 1.00 bits per heavy atom. The first-order valence-corrected chi connectivity index (χ1v) is 15.4. The number of nitrogens with zero attached hydrogens (tertiary/aromatic N) is 1. The highest BCUT2D eigenvalue weighted by Crippen LogP contribution is 2.22. The molecule has 9 heteroatoms. The number of hydrogen-bond acceptors (Lipinski definition) is 5. The second-order valence-electron chi connectivity index (χ2n) is 11.5. The highest BCUT2D eigenvalue weighted by Gasteiger charge is 2.30. The van der Waals surface area contributed by atoms with Crippen molar-refractivity contribution < 1.29 is 28.2 Å². The van der Waals surface area contributed by atoms with Crippen LogP contribution in [-0.4, -0.2) is 66.3 Å². The Morgan fingerprint density at radius 3 is 2.45 bits per heavy atom. The van der Waals surface area contributed by atoms with Crippen molar-refractivity contribution in [1.29, 1.82) is 0 Å². The zero-order valence-electron chi connectivity index (χ0n) is 25.7. The molecule has 4 rings (SSSR count). The minimum atomic E-state index is -1.07. The van der Waals surface area contributed by atoms with Crippen molar-refractivity contribution in [2.24, 2.45) is 0 Å². The van der Waals surface area contributed by atoms with Gasteiger partial charge in [-0.05, 0) is 92.1 Å². The first-order valence-electron chi connectivity index (χ1n) is 15.4. The van der Waals surface area contributed by atoms with E-state index in [2.05, 4.69) is 29.7 Å². The van der Waals surface area contributed by atoms with Gasteiger partial charge in [-0.1, -0.05) is 31.2 Å². The van der Waals surface area contributed by atoms with Crippen molar-refractivity contribution in [2.75, 3.05) is 26.3 Å². The number of rotatable bonds is 14. The molecule has 0 unspecified atom stereocenters. The third-order valence-corrected chi connectivity index (χ3v) is 7.98. The molecule has 3 aromatic rings. The predicted molar refractivity (Wildman–Crippen MR) is 167 cm³/mol. The number of ether oxygens (including phenoxy) is 1. The fourth-order valence-corrected chi connectivity index (χ4v) is 5.72. The fourth-order valence-electron chi connectivity index (χ4n) is 5.72. The van der Waals surface area contributed by atoms with Crippen molar-refractivity contribution in [3.8, 4) is 0 Å². The standard InChI is InChI=1S/C35H43F2N3O4/c1-4-24-8-6-9-25(14-24)20-38-21-33(41)32(17-26-15-29(36)19-30(37)16-26)39-34(42)27-12-23(3)13-28(18-27)35(43)40-11-7-10-31(40)22-44-5-2/h6,8-9,12-16,18-19,31-33,38,41H,4-5,7,10-11,17,20-22H2,1-3H3,(H,39,42)/t31-,32-,33+/m0/s1. The third kappa shape index (κ3) is 9.17. The second-order valence-corrected chi connectivity index (χ2v) is 11.5. The summed E-state index contributed by atoms with van der Waals surface area (Å²) in [7, 11) is 0. The summed E-state index contributed by atoms with van der Waals surface area (Å²) in [5.74, 6) is -2.13. The molecule has 1 heterocycles. The average Bonchev–Trinajstić information content (AvgIpc) is 3.47. The maximum absolute atomic E-state index is 14.0. The van der Waals surface area contributed by atoms with E-state index in [4.69, 9.17) is 4.74 Å². The van der Waals surface area contributed by atoms with E-state index in [-0.39, 0.29) is 30.5 Å². The summed E-state index contributed by atoms with van der Waals surface area (Å²) < 4.78 is 33.6. The summed E-state index contributed by atoms with van der Waals surface area (Å²) in [5.41, 5.74) is 3.97. The second kappa shape index (κ2) is 15.9. The van der Waals surface area contributed by atoms with E-state index >= 15 is 0 Å². The van der Waals surface area contributed by atoms with E-state index in [1.807, 2.05) is 26.0 Å². The van der Waals surface area contributed by atoms with Crippen LogP contribution in [0.4, 0.5) is 8.78 Å². The SMILES string of the molecule is CCOC[C@@H]1CCCN1C(=O)c1cc(C)cc(C(=O)N[C@@H](Cc2cc(F)cc(F)c2)[C@H](O)CNCc2cccc(CC)c2)c1. The maximum Gasteiger partial charge on any atom is 0.254 e. The molecular weight excluding hydrogens is 564 g/mol. The molecule has 3 N–H and O–H groups in total. The molecule has 0 aliphatic carbocycles. The lowest BCUT2D eigenvalue weighted by atomic mass is 9.99. The van der Waals surface area contributed by atoms with Crippen LogP contribution in [0.3, 0.4) is 0 Å². The van der Waals surface area contributed by atoms with Crippen molar-refractivity contribution in [1.82, 2.24) is 15.5 Å². The number of aliphatic hydroxyl groups excluding tert-OH is 1. The molecule has 0 saturated carbocycles. The molecule has 1 fully saturated rings. The molecule has 3 atom stereocenters. The summed E-state index contributed by atoms with van der Waals surface area (Å²) in [6.07, 6.45) is 1.59. The van der Waals surface area contributed by atoms with Gasteiger partial charge in [0, 0.05) is 43.4 Å². The van der Waals surface area contributed by atoms with Crippen molar-refractivity contribution in [2.45, 2.75) is 71.2 Å². The van der Waals surface area contributed by atoms with Crippen LogP contribution in [0, 0.1) is 18.6 Å². The van der Waals surface area contributed by atoms with Crippen LogP contribution < -0.4 is 10.6 Å². The van der Waals surface area contributed by atoms with E-state index < -0.39 is 29.7 Å². The van der Waals surface area contributed by atoms with E-state index in [0.717, 1.165) is 36.5 Å². The summed E-state index contributed by atoms with van der Waals surface area (Å²) in [4.78, 5) is 28.9. The van der Waals surface area contributed by atoms with Gasteiger partial charge in [-0.3, -0.25) is 9.59 Å². The lowest BCUT2D eigenvalue weighted by Gasteiger charge is -2.26. The molecule has 2 amide bonds. The molecule has 0 radical (unpaired) electrons. The molecule has 3 aromatic carbocycles. The number of amides is 2. The van der Waals surface area contributed by atoms with E-state index in [1.54, 1.807) is 23.1 Å². The van der Waals surface area contributed by atoms with E-state index in [9.17, 15) is 23.5 Å². The van der Waals surface area contributed by atoms with E-state index in [0.29, 0.717) is 37.4 Å². The molecule has 0 aromatic heterocycles. The number of hydrogen-bond donors (Lipinski definition) is 3. The minimum absolute atomic E-state index is 0.000916. The number of carbonyl (C=O) groups excluding carboxylic acids is 2. The first-order chi connectivity index (χ1) is 21.2. The van der Waals surface area contributed by atoms with Gasteiger partial charge in [-0.15, -0.1) is 0 Å². The van der Waals surface area contributed by atoms with Crippen molar-refractivity contribution >= 4 is 11.8 Å². The van der Waals surface area contributed by atoms with Gasteiger partial charge < -0.3 is 25.4 Å². The smallest absolute Gasteiger partial charge is 0.254 e. The third-order valence-electron chi connectivity index (χ3n) is 7.98. The maximum atomic E-state index is 14.0. The molecule has 7 nitrogen and oxygen atoms in total. The van der Waals surface area contributed by atoms with Crippen LogP contribution in [0.2, 0.25) is 0 Å². The fraction of sp³-hybridized carbons (Fsp3) is 0.429. The zero-order valence-corrected chi connectivity index (χ0v) is 25.7. The van der Waals surface area contributed by atoms with Gasteiger partial charge in [0.05, 0.1) is 24.8 Å². The summed E-state index contributed by atoms with van der Waals surface area (Å²) in [6, 6.07) is 15.4. The monoisotopic (exact) mass is 607 g/mol. The van der Waals surface area contributed by atoms with Crippen LogP contribution >= 0.6 is 0 Å². The normalized spacial score (nSPS) is 16.1. The Kier molecular flexibility index (Phi) is 12.0. The number of halogens is 2. The van der Waals surface area contributed by atoms with Gasteiger partial charge in [0.25, 0.3) is 11.8 Å². The first kappa shape index (κ1) is 33.2. The summed E-state index contributed by atoms with van der Waals surface area (Å²) in [5, 5.41) is 17.3. The molecule has 1 saturated heterocycles. The van der Waals surface area contributed by atoms with Crippen LogP contribution in [0.1, 0.15) is 69.7 Å². The predicted octanol–water partition coefficient (Wildman–Crippen LogP) is 4.97. The molecule has 0 bridgehead atoms. The van der Waals surface area contributed by atoms with Crippen molar-refractivity contribution in [3.63, 3.8) is 0 Å². The van der Waals surface area contributed by atoms with Gasteiger partial charge in [0.15, 0.2) is 0 Å². The van der Waals surface area contributed by atoms with Gasteiger partial charge in [0.1, 0.15) is 11.6 Å². The van der Waals surface area contributed by atoms with Crippen LogP contribution in [-0.2, 0) is 24.1 Å². The Hall–Kier alpha value is -3.66.